The Morgan fingerprint density at radius 3 is 2.67 bits per heavy atom. The van der Waals surface area contributed by atoms with Crippen LogP contribution < -0.4 is 0 Å². The Labute approximate surface area is 94.5 Å². The number of hydrogen-bond donors (Lipinski definition) is 0. The van der Waals surface area contributed by atoms with Crippen LogP contribution in [0.5, 0.6) is 0 Å². The van der Waals surface area contributed by atoms with Gasteiger partial charge in [0.05, 0.1) is 0 Å². The van der Waals surface area contributed by atoms with Crippen LogP contribution in [0.3, 0.4) is 0 Å². The number of rotatable bonds is 4. The Kier molecular flexibility index (Phi) is 4.05. The molecule has 0 heteroatoms. The predicted molar refractivity (Wildman–Crippen MR) is 66.6 cm³/mol. The van der Waals surface area contributed by atoms with Crippen LogP contribution in [0, 0.1) is 11.8 Å². The summed E-state index contributed by atoms with van der Waals surface area (Å²) in [4.78, 5) is 0. The molecule has 0 aromatic carbocycles. The lowest BCUT2D eigenvalue weighted by molar-refractivity contribution is 0.408. The Morgan fingerprint density at radius 1 is 1.13 bits per heavy atom. The second-order valence-corrected chi connectivity index (χ2v) is 4.99. The highest BCUT2D eigenvalue weighted by atomic mass is 14.2. The van der Waals surface area contributed by atoms with Crippen LogP contribution >= 0.6 is 0 Å². The summed E-state index contributed by atoms with van der Waals surface area (Å²) in [6.07, 6.45) is 18.3. The SMILES string of the molecule is CCCC[C]1C=CC(C2CCCCC2)=C1. The third-order valence-corrected chi connectivity index (χ3v) is 3.74. The van der Waals surface area contributed by atoms with Gasteiger partial charge in [-0.3, -0.25) is 0 Å². The van der Waals surface area contributed by atoms with E-state index in [0.717, 1.165) is 5.92 Å². The van der Waals surface area contributed by atoms with Crippen LogP contribution in [-0.2, 0) is 0 Å². The lowest BCUT2D eigenvalue weighted by Gasteiger charge is -2.21. The van der Waals surface area contributed by atoms with Crippen molar-refractivity contribution < 1.29 is 0 Å². The van der Waals surface area contributed by atoms with Gasteiger partial charge in [0.1, 0.15) is 0 Å². The van der Waals surface area contributed by atoms with Crippen LogP contribution in [-0.4, -0.2) is 0 Å². The predicted octanol–water partition coefficient (Wildman–Crippen LogP) is 4.83. The summed E-state index contributed by atoms with van der Waals surface area (Å²) in [5, 5.41) is 0. The average Bonchev–Trinajstić information content (AvgIpc) is 2.76. The van der Waals surface area contributed by atoms with Gasteiger partial charge in [0.25, 0.3) is 0 Å². The van der Waals surface area contributed by atoms with Crippen molar-refractivity contribution in [2.24, 2.45) is 5.92 Å². The van der Waals surface area contributed by atoms with Crippen molar-refractivity contribution in [1.82, 2.24) is 0 Å². The van der Waals surface area contributed by atoms with Gasteiger partial charge in [-0.15, -0.1) is 0 Å². The van der Waals surface area contributed by atoms with E-state index in [0.29, 0.717) is 0 Å². The maximum atomic E-state index is 2.46. The topological polar surface area (TPSA) is 0 Å². The third-order valence-electron chi connectivity index (χ3n) is 3.74. The van der Waals surface area contributed by atoms with Gasteiger partial charge < -0.3 is 0 Å². The average molecular weight is 203 g/mol. The normalized spacial score (nSPS) is 23.4. The van der Waals surface area contributed by atoms with E-state index < -0.39 is 0 Å². The molecule has 0 bridgehead atoms. The Morgan fingerprint density at radius 2 is 1.93 bits per heavy atom. The van der Waals surface area contributed by atoms with Crippen molar-refractivity contribution >= 4 is 0 Å². The minimum Gasteiger partial charge on any atom is -0.0731 e. The zero-order valence-electron chi connectivity index (χ0n) is 9.97. The number of unbranched alkanes of at least 4 members (excludes halogenated alkanes) is 1. The molecule has 2 rings (SSSR count). The smallest absolute Gasteiger partial charge is 0.0196 e. The molecule has 0 atom stereocenters. The van der Waals surface area contributed by atoms with E-state index in [9.17, 15) is 0 Å². The van der Waals surface area contributed by atoms with Gasteiger partial charge >= 0.3 is 0 Å². The molecule has 0 nitrogen and oxygen atoms in total. The molecule has 0 aliphatic heterocycles. The summed E-state index contributed by atoms with van der Waals surface area (Å²) >= 11 is 0. The summed E-state index contributed by atoms with van der Waals surface area (Å²) in [5.74, 6) is 2.45. The molecule has 0 spiro atoms. The summed E-state index contributed by atoms with van der Waals surface area (Å²) in [7, 11) is 0. The largest absolute Gasteiger partial charge is 0.0731 e. The highest BCUT2D eigenvalue weighted by Crippen LogP contribution is 2.35. The van der Waals surface area contributed by atoms with Crippen LogP contribution in [0.4, 0.5) is 0 Å². The fourth-order valence-electron chi connectivity index (χ4n) is 2.74. The molecule has 2 aliphatic carbocycles. The summed E-state index contributed by atoms with van der Waals surface area (Å²) in [6.45, 7) is 2.27. The van der Waals surface area contributed by atoms with Crippen molar-refractivity contribution in [3.8, 4) is 0 Å². The van der Waals surface area contributed by atoms with E-state index in [1.807, 2.05) is 0 Å². The highest BCUT2D eigenvalue weighted by Gasteiger charge is 2.19. The van der Waals surface area contributed by atoms with Gasteiger partial charge in [0.2, 0.25) is 0 Å². The molecule has 83 valence electrons. The van der Waals surface area contributed by atoms with Gasteiger partial charge in [-0.2, -0.15) is 0 Å². The van der Waals surface area contributed by atoms with Crippen molar-refractivity contribution in [2.45, 2.75) is 58.3 Å². The zero-order valence-corrected chi connectivity index (χ0v) is 9.97. The second-order valence-electron chi connectivity index (χ2n) is 4.99. The first-order chi connectivity index (χ1) is 7.40. The molecule has 1 radical (unpaired) electrons. The van der Waals surface area contributed by atoms with Crippen LogP contribution in [0.25, 0.3) is 0 Å². The molecule has 15 heavy (non-hydrogen) atoms. The minimum absolute atomic E-state index is 0.883. The summed E-state index contributed by atoms with van der Waals surface area (Å²) in [6, 6.07) is 0. The lowest BCUT2D eigenvalue weighted by atomic mass is 9.84. The minimum atomic E-state index is 0.883. The van der Waals surface area contributed by atoms with Crippen LogP contribution in [0.1, 0.15) is 58.3 Å². The van der Waals surface area contributed by atoms with Gasteiger partial charge in [-0.05, 0) is 30.8 Å². The van der Waals surface area contributed by atoms with E-state index in [-0.39, 0.29) is 0 Å². The summed E-state index contributed by atoms with van der Waals surface area (Å²) < 4.78 is 0. The Hall–Kier alpha value is -0.520. The van der Waals surface area contributed by atoms with Crippen LogP contribution in [0.15, 0.2) is 23.8 Å². The molecule has 0 amide bonds. The quantitative estimate of drug-likeness (QED) is 0.614. The van der Waals surface area contributed by atoms with Gasteiger partial charge in [0.15, 0.2) is 0 Å². The molecular weight excluding hydrogens is 180 g/mol. The zero-order chi connectivity index (χ0) is 10.5. The first kappa shape index (κ1) is 11.0. The van der Waals surface area contributed by atoms with E-state index in [1.54, 1.807) is 11.5 Å². The molecule has 0 saturated heterocycles. The molecule has 0 aromatic heterocycles. The lowest BCUT2D eigenvalue weighted by Crippen LogP contribution is -2.07. The van der Waals surface area contributed by atoms with E-state index in [4.69, 9.17) is 0 Å². The summed E-state index contributed by atoms with van der Waals surface area (Å²) in [5.41, 5.74) is 1.63. The van der Waals surface area contributed by atoms with Gasteiger partial charge in [-0.1, -0.05) is 57.3 Å². The molecule has 0 heterocycles. The number of allylic oxidation sites excluding steroid dienone is 4. The highest BCUT2D eigenvalue weighted by molar-refractivity contribution is 5.42. The Balaban J connectivity index is 1.85. The maximum Gasteiger partial charge on any atom is 0.0196 e. The molecule has 1 saturated carbocycles. The van der Waals surface area contributed by atoms with E-state index in [1.165, 1.54) is 51.4 Å². The van der Waals surface area contributed by atoms with Crippen molar-refractivity contribution in [2.75, 3.05) is 0 Å². The number of hydrogen-bond acceptors (Lipinski definition) is 0. The van der Waals surface area contributed by atoms with Crippen molar-refractivity contribution in [1.29, 1.82) is 0 Å². The Bertz CT molecular complexity index is 241. The van der Waals surface area contributed by atoms with Gasteiger partial charge in [0, 0.05) is 5.92 Å². The fraction of sp³-hybridized carbons (Fsp3) is 0.667. The fourth-order valence-corrected chi connectivity index (χ4v) is 2.74. The molecule has 0 unspecified atom stereocenters. The van der Waals surface area contributed by atoms with Gasteiger partial charge in [-0.25, -0.2) is 0 Å². The van der Waals surface area contributed by atoms with E-state index in [2.05, 4.69) is 25.2 Å². The first-order valence-electron chi connectivity index (χ1n) is 6.65. The molecule has 2 aliphatic rings. The molecular formula is C15H23. The second kappa shape index (κ2) is 5.53. The standard InChI is InChI=1S/C15H23/c1-2-3-7-13-10-11-15(12-13)14-8-5-4-6-9-14/h10-12,14H,2-9H2,1H3. The van der Waals surface area contributed by atoms with Crippen molar-refractivity contribution in [3.05, 3.63) is 29.7 Å². The molecule has 1 fully saturated rings. The monoisotopic (exact) mass is 203 g/mol. The van der Waals surface area contributed by atoms with E-state index >= 15 is 0 Å². The van der Waals surface area contributed by atoms with Crippen molar-refractivity contribution in [3.63, 3.8) is 0 Å². The third kappa shape index (κ3) is 2.96. The van der Waals surface area contributed by atoms with Crippen LogP contribution in [0.2, 0.25) is 0 Å². The maximum absolute atomic E-state index is 2.46. The molecule has 0 N–H and O–H groups in total. The molecule has 0 aromatic rings. The first-order valence-corrected chi connectivity index (χ1v) is 6.65.